The molecule has 0 aliphatic heterocycles. The van der Waals surface area contributed by atoms with Gasteiger partial charge in [-0.15, -0.1) is 22.7 Å². The number of benzene rings is 2. The van der Waals surface area contributed by atoms with E-state index in [1.165, 1.54) is 27.1 Å². The lowest BCUT2D eigenvalue weighted by molar-refractivity contribution is -0.115. The number of hydrogen-bond acceptors (Lipinski definition) is 4. The molecule has 1 aliphatic carbocycles. The number of thiazole rings is 1. The van der Waals surface area contributed by atoms with Gasteiger partial charge in [0.05, 0.1) is 16.6 Å². The molecular weight excluding hydrogens is 420 g/mol. The van der Waals surface area contributed by atoms with Crippen LogP contribution in [0.1, 0.15) is 40.5 Å². The summed E-state index contributed by atoms with van der Waals surface area (Å²) in [7, 11) is 0. The third-order valence-electron chi connectivity index (χ3n) is 6.13. The van der Waals surface area contributed by atoms with Crippen LogP contribution in [0.3, 0.4) is 0 Å². The lowest BCUT2D eigenvalue weighted by atomic mass is 9.88. The van der Waals surface area contributed by atoms with Gasteiger partial charge in [-0.25, -0.2) is 4.98 Å². The zero-order valence-corrected chi connectivity index (χ0v) is 19.8. The minimum Gasteiger partial charge on any atom is -0.317 e. The van der Waals surface area contributed by atoms with E-state index in [-0.39, 0.29) is 5.91 Å². The highest BCUT2D eigenvalue weighted by molar-refractivity contribution is 7.22. The normalized spacial score (nSPS) is 15.8. The molecule has 0 radical (unpaired) electrons. The Bertz CT molecular complexity index is 1250. The highest BCUT2D eigenvalue weighted by Crippen LogP contribution is 2.47. The lowest BCUT2D eigenvalue weighted by Crippen LogP contribution is -2.15. The number of carbonyl (C=O) groups excluding carboxylic acids is 1. The Morgan fingerprint density at radius 1 is 1.16 bits per heavy atom. The van der Waals surface area contributed by atoms with Crippen molar-refractivity contribution in [1.82, 2.24) is 4.98 Å². The first-order chi connectivity index (χ1) is 15.0. The van der Waals surface area contributed by atoms with Crippen molar-refractivity contribution < 1.29 is 4.79 Å². The average molecular weight is 447 g/mol. The largest absolute Gasteiger partial charge is 0.317 e. The van der Waals surface area contributed by atoms with Crippen molar-refractivity contribution in [2.75, 3.05) is 5.32 Å². The maximum Gasteiger partial charge on any atom is 0.229 e. The predicted molar refractivity (Wildman–Crippen MR) is 132 cm³/mol. The van der Waals surface area contributed by atoms with E-state index in [1.807, 2.05) is 6.07 Å². The molecule has 3 nitrogen and oxygen atoms in total. The van der Waals surface area contributed by atoms with Crippen molar-refractivity contribution in [2.45, 2.75) is 46.5 Å². The number of aromatic nitrogens is 1. The van der Waals surface area contributed by atoms with E-state index in [4.69, 9.17) is 4.98 Å². The summed E-state index contributed by atoms with van der Waals surface area (Å²) in [5, 5.41) is 5.26. The van der Waals surface area contributed by atoms with Gasteiger partial charge in [-0.2, -0.15) is 0 Å². The number of rotatable bonds is 4. The van der Waals surface area contributed by atoms with E-state index in [0.717, 1.165) is 45.1 Å². The van der Waals surface area contributed by atoms with Crippen LogP contribution in [0.25, 0.3) is 20.8 Å². The quantitative estimate of drug-likeness (QED) is 0.369. The molecule has 1 N–H and O–H groups in total. The van der Waals surface area contributed by atoms with E-state index in [9.17, 15) is 4.79 Å². The fourth-order valence-electron chi connectivity index (χ4n) is 4.38. The number of thiophene rings is 1. The van der Waals surface area contributed by atoms with Gasteiger partial charge in [0.1, 0.15) is 10.0 Å². The third kappa shape index (κ3) is 4.04. The number of nitrogens with one attached hydrogen (secondary N) is 1. The van der Waals surface area contributed by atoms with E-state index < -0.39 is 0 Å². The number of nitrogens with zero attached hydrogens (tertiary/aromatic N) is 1. The molecule has 2 heterocycles. The van der Waals surface area contributed by atoms with Gasteiger partial charge in [-0.1, -0.05) is 42.8 Å². The summed E-state index contributed by atoms with van der Waals surface area (Å²) in [5.41, 5.74) is 7.01. The summed E-state index contributed by atoms with van der Waals surface area (Å²) in [6.07, 6.45) is 3.74. The van der Waals surface area contributed by atoms with Crippen molar-refractivity contribution in [3.63, 3.8) is 0 Å². The highest BCUT2D eigenvalue weighted by atomic mass is 32.1. The van der Waals surface area contributed by atoms with E-state index in [2.05, 4.69) is 62.5 Å². The molecule has 1 aliphatic rings. The number of para-hydroxylation sites is 1. The van der Waals surface area contributed by atoms with Crippen LogP contribution in [-0.2, 0) is 24.1 Å². The Balaban J connectivity index is 1.52. The second-order valence-corrected chi connectivity index (χ2v) is 10.8. The number of carbonyl (C=O) groups is 1. The molecule has 0 bridgehead atoms. The molecule has 5 heteroatoms. The van der Waals surface area contributed by atoms with Crippen molar-refractivity contribution in [3.05, 3.63) is 69.6 Å². The average Bonchev–Trinajstić information content (AvgIpc) is 3.30. The number of fused-ring (bicyclic) bond motifs is 2. The van der Waals surface area contributed by atoms with Crippen LogP contribution >= 0.6 is 22.7 Å². The fraction of sp³-hybridized carbons (Fsp3) is 0.308. The van der Waals surface area contributed by atoms with Gasteiger partial charge in [0.2, 0.25) is 5.91 Å². The first-order valence-corrected chi connectivity index (χ1v) is 12.5. The molecule has 1 atom stereocenters. The summed E-state index contributed by atoms with van der Waals surface area (Å²) < 4.78 is 1.19. The first kappa shape index (κ1) is 20.4. The van der Waals surface area contributed by atoms with Gasteiger partial charge >= 0.3 is 0 Å². The molecular formula is C26H26N2OS2. The molecule has 2 aromatic heterocycles. The minimum absolute atomic E-state index is 0.0442. The molecule has 0 unspecified atom stereocenters. The van der Waals surface area contributed by atoms with Crippen LogP contribution < -0.4 is 5.32 Å². The fourth-order valence-corrected chi connectivity index (χ4v) is 6.92. The molecule has 0 fully saturated rings. The van der Waals surface area contributed by atoms with Gasteiger partial charge in [0.25, 0.3) is 0 Å². The lowest BCUT2D eigenvalue weighted by Gasteiger charge is -2.18. The SMILES string of the molecule is Cc1ccc(C)c(CC(=O)Nc2sc3c(c2-c2nc4ccccc4s2)CC[C@H](C)C3)c1. The second-order valence-electron chi connectivity index (χ2n) is 8.70. The molecule has 1 amide bonds. The van der Waals surface area contributed by atoms with Crippen LogP contribution in [0.15, 0.2) is 42.5 Å². The number of aryl methyl sites for hydroxylation is 2. The Hall–Kier alpha value is -2.50. The van der Waals surface area contributed by atoms with Gasteiger partial charge in [-0.3, -0.25) is 4.79 Å². The Morgan fingerprint density at radius 3 is 2.84 bits per heavy atom. The summed E-state index contributed by atoms with van der Waals surface area (Å²) >= 11 is 3.47. The second kappa shape index (κ2) is 8.21. The summed E-state index contributed by atoms with van der Waals surface area (Å²) in [4.78, 5) is 19.4. The monoisotopic (exact) mass is 446 g/mol. The maximum atomic E-state index is 13.1. The molecule has 2 aromatic carbocycles. The van der Waals surface area contributed by atoms with Gasteiger partial charge in [-0.05, 0) is 67.9 Å². The maximum absolute atomic E-state index is 13.1. The number of anilines is 1. The minimum atomic E-state index is 0.0442. The summed E-state index contributed by atoms with van der Waals surface area (Å²) in [6.45, 7) is 6.46. The molecule has 0 saturated carbocycles. The van der Waals surface area contributed by atoms with Gasteiger partial charge in [0.15, 0.2) is 0 Å². The van der Waals surface area contributed by atoms with E-state index >= 15 is 0 Å². The molecule has 0 saturated heterocycles. The molecule has 0 spiro atoms. The molecule has 4 aromatic rings. The zero-order chi connectivity index (χ0) is 21.5. The van der Waals surface area contributed by atoms with Crippen molar-refractivity contribution in [1.29, 1.82) is 0 Å². The smallest absolute Gasteiger partial charge is 0.229 e. The van der Waals surface area contributed by atoms with Crippen LogP contribution in [0.4, 0.5) is 5.00 Å². The topological polar surface area (TPSA) is 42.0 Å². The number of amides is 1. The van der Waals surface area contributed by atoms with Crippen LogP contribution in [-0.4, -0.2) is 10.9 Å². The molecule has 158 valence electrons. The van der Waals surface area contributed by atoms with Crippen LogP contribution in [0.5, 0.6) is 0 Å². The predicted octanol–water partition coefficient (Wildman–Crippen LogP) is 6.95. The Labute approximate surface area is 191 Å². The van der Waals surface area contributed by atoms with E-state index in [0.29, 0.717) is 12.3 Å². The zero-order valence-electron chi connectivity index (χ0n) is 18.1. The molecule has 31 heavy (non-hydrogen) atoms. The van der Waals surface area contributed by atoms with Crippen LogP contribution in [0.2, 0.25) is 0 Å². The Kier molecular flexibility index (Phi) is 5.40. The first-order valence-electron chi connectivity index (χ1n) is 10.8. The molecule has 5 rings (SSSR count). The standard InChI is InChI=1S/C26H26N2OS2/c1-15-8-10-17(3)18(12-15)14-23(29)28-26-24(19-11-9-16(2)13-22(19)31-26)25-27-20-6-4-5-7-21(20)30-25/h4-8,10,12,16H,9,11,13-14H2,1-3H3,(H,28,29)/t16-/m0/s1. The van der Waals surface area contributed by atoms with Gasteiger partial charge < -0.3 is 5.32 Å². The van der Waals surface area contributed by atoms with Crippen molar-refractivity contribution in [3.8, 4) is 10.6 Å². The summed E-state index contributed by atoms with van der Waals surface area (Å²) in [6, 6.07) is 14.6. The Morgan fingerprint density at radius 2 is 2.00 bits per heavy atom. The highest BCUT2D eigenvalue weighted by Gasteiger charge is 2.27. The summed E-state index contributed by atoms with van der Waals surface area (Å²) in [5.74, 6) is 0.732. The van der Waals surface area contributed by atoms with E-state index in [1.54, 1.807) is 22.7 Å². The van der Waals surface area contributed by atoms with Crippen molar-refractivity contribution >= 4 is 43.8 Å². The van der Waals surface area contributed by atoms with Gasteiger partial charge in [0, 0.05) is 10.4 Å². The number of hydrogen-bond donors (Lipinski definition) is 1. The van der Waals surface area contributed by atoms with Crippen molar-refractivity contribution in [2.24, 2.45) is 5.92 Å². The third-order valence-corrected chi connectivity index (χ3v) is 8.35. The van der Waals surface area contributed by atoms with Crippen LogP contribution in [0, 0.1) is 19.8 Å².